The standard InChI is InChI=1S/C25H29ClN2O2S/c1-15(2)14-28-24(29)23(31-25(28)27-20-9-7-19(26)8-10-20)13-18-12-21(16(3)4)22(30-6)11-17(18)5/h7-13,15-16H,14H2,1-6H3/b23-13-,27-25?. The van der Waals surface area contributed by atoms with Crippen LogP contribution >= 0.6 is 23.4 Å². The van der Waals surface area contributed by atoms with Gasteiger partial charge in [-0.1, -0.05) is 39.3 Å². The molecule has 1 heterocycles. The lowest BCUT2D eigenvalue weighted by molar-refractivity contribution is -0.122. The van der Waals surface area contributed by atoms with Crippen LogP contribution in [0, 0.1) is 12.8 Å². The van der Waals surface area contributed by atoms with Crippen molar-refractivity contribution in [3.8, 4) is 5.75 Å². The Bertz CT molecular complexity index is 1030. The van der Waals surface area contributed by atoms with E-state index in [4.69, 9.17) is 21.3 Å². The van der Waals surface area contributed by atoms with Gasteiger partial charge in [-0.25, -0.2) is 4.99 Å². The van der Waals surface area contributed by atoms with E-state index in [1.807, 2.05) is 31.2 Å². The predicted octanol–water partition coefficient (Wildman–Crippen LogP) is 7.04. The van der Waals surface area contributed by atoms with Crippen molar-refractivity contribution >= 4 is 46.2 Å². The van der Waals surface area contributed by atoms with E-state index in [1.165, 1.54) is 11.8 Å². The van der Waals surface area contributed by atoms with Crippen LogP contribution in [0.5, 0.6) is 5.75 Å². The van der Waals surface area contributed by atoms with E-state index in [-0.39, 0.29) is 5.91 Å². The van der Waals surface area contributed by atoms with E-state index in [0.717, 1.165) is 28.1 Å². The number of carbonyl (C=O) groups is 1. The van der Waals surface area contributed by atoms with Crippen molar-refractivity contribution < 1.29 is 9.53 Å². The van der Waals surface area contributed by atoms with E-state index in [0.29, 0.717) is 33.5 Å². The van der Waals surface area contributed by atoms with Gasteiger partial charge in [0.05, 0.1) is 17.7 Å². The summed E-state index contributed by atoms with van der Waals surface area (Å²) in [6.07, 6.45) is 1.98. The summed E-state index contributed by atoms with van der Waals surface area (Å²) in [5, 5.41) is 1.36. The highest BCUT2D eigenvalue weighted by Gasteiger charge is 2.34. The maximum atomic E-state index is 13.3. The first-order chi connectivity index (χ1) is 14.7. The van der Waals surface area contributed by atoms with E-state index in [9.17, 15) is 4.79 Å². The van der Waals surface area contributed by atoms with Gasteiger partial charge in [0.2, 0.25) is 0 Å². The number of hydrogen-bond acceptors (Lipinski definition) is 4. The molecule has 0 unspecified atom stereocenters. The molecular weight excluding hydrogens is 428 g/mol. The monoisotopic (exact) mass is 456 g/mol. The number of benzene rings is 2. The Morgan fingerprint density at radius 2 is 1.84 bits per heavy atom. The molecule has 4 nitrogen and oxygen atoms in total. The first-order valence-corrected chi connectivity index (χ1v) is 11.6. The van der Waals surface area contributed by atoms with Gasteiger partial charge in [-0.05, 0) is 89.7 Å². The van der Waals surface area contributed by atoms with Crippen molar-refractivity contribution in [1.29, 1.82) is 0 Å². The Morgan fingerprint density at radius 1 is 1.16 bits per heavy atom. The van der Waals surface area contributed by atoms with E-state index >= 15 is 0 Å². The largest absolute Gasteiger partial charge is 0.496 e. The van der Waals surface area contributed by atoms with Crippen LogP contribution in [0.2, 0.25) is 5.02 Å². The molecule has 0 N–H and O–H groups in total. The van der Waals surface area contributed by atoms with Gasteiger partial charge in [-0.15, -0.1) is 0 Å². The van der Waals surface area contributed by atoms with Gasteiger partial charge >= 0.3 is 0 Å². The zero-order valence-electron chi connectivity index (χ0n) is 18.9. The SMILES string of the molecule is COc1cc(C)c(/C=C2\SC(=Nc3ccc(Cl)cc3)N(CC(C)C)C2=O)cc1C(C)C. The third kappa shape index (κ3) is 5.52. The highest BCUT2D eigenvalue weighted by Crippen LogP contribution is 2.37. The fourth-order valence-corrected chi connectivity index (χ4v) is 4.51. The quantitative estimate of drug-likeness (QED) is 0.437. The fourth-order valence-electron chi connectivity index (χ4n) is 3.38. The second kappa shape index (κ2) is 9.92. The van der Waals surface area contributed by atoms with Gasteiger partial charge in [0.25, 0.3) is 5.91 Å². The van der Waals surface area contributed by atoms with Crippen molar-refractivity contribution in [3.05, 3.63) is 63.0 Å². The lowest BCUT2D eigenvalue weighted by Gasteiger charge is -2.18. The number of aliphatic imine (C=N–C) groups is 1. The van der Waals surface area contributed by atoms with Crippen molar-refractivity contribution in [1.82, 2.24) is 4.90 Å². The fraction of sp³-hybridized carbons (Fsp3) is 0.360. The number of nitrogens with zero attached hydrogens (tertiary/aromatic N) is 2. The molecule has 6 heteroatoms. The number of aryl methyl sites for hydroxylation is 1. The Kier molecular flexibility index (Phi) is 7.50. The van der Waals surface area contributed by atoms with Crippen LogP contribution in [0.15, 0.2) is 46.3 Å². The van der Waals surface area contributed by atoms with Gasteiger partial charge < -0.3 is 4.74 Å². The summed E-state index contributed by atoms with van der Waals surface area (Å²) in [6, 6.07) is 11.5. The topological polar surface area (TPSA) is 41.9 Å². The van der Waals surface area contributed by atoms with E-state index < -0.39 is 0 Å². The zero-order valence-corrected chi connectivity index (χ0v) is 20.5. The van der Waals surface area contributed by atoms with Crippen LogP contribution < -0.4 is 4.74 Å². The maximum Gasteiger partial charge on any atom is 0.266 e. The number of thioether (sulfide) groups is 1. The summed E-state index contributed by atoms with van der Waals surface area (Å²) >= 11 is 7.42. The van der Waals surface area contributed by atoms with Crippen LogP contribution in [0.4, 0.5) is 5.69 Å². The molecule has 0 aromatic heterocycles. The smallest absolute Gasteiger partial charge is 0.266 e. The molecule has 0 saturated carbocycles. The Balaban J connectivity index is 2.02. The molecule has 31 heavy (non-hydrogen) atoms. The second-order valence-corrected chi connectivity index (χ2v) is 9.84. The lowest BCUT2D eigenvalue weighted by Crippen LogP contribution is -2.32. The van der Waals surface area contributed by atoms with Crippen LogP contribution in [0.3, 0.4) is 0 Å². The van der Waals surface area contributed by atoms with Crippen LogP contribution in [0.25, 0.3) is 6.08 Å². The number of halogens is 1. The maximum absolute atomic E-state index is 13.3. The molecule has 1 saturated heterocycles. The number of rotatable bonds is 6. The molecule has 0 aliphatic carbocycles. The Hall–Kier alpha value is -2.24. The van der Waals surface area contributed by atoms with Crippen molar-refractivity contribution in [2.45, 2.75) is 40.5 Å². The molecule has 1 aliphatic heterocycles. The van der Waals surface area contributed by atoms with Gasteiger partial charge in [0.1, 0.15) is 5.75 Å². The minimum absolute atomic E-state index is 0.00673. The summed E-state index contributed by atoms with van der Waals surface area (Å²) in [4.78, 5) is 20.5. The zero-order chi connectivity index (χ0) is 22.7. The molecule has 164 valence electrons. The Labute approximate surface area is 194 Å². The van der Waals surface area contributed by atoms with Crippen LogP contribution in [-0.4, -0.2) is 29.6 Å². The minimum Gasteiger partial charge on any atom is -0.496 e. The number of ether oxygens (including phenoxy) is 1. The Morgan fingerprint density at radius 3 is 2.42 bits per heavy atom. The average molecular weight is 457 g/mol. The molecule has 0 atom stereocenters. The summed E-state index contributed by atoms with van der Waals surface area (Å²) < 4.78 is 5.56. The second-order valence-electron chi connectivity index (χ2n) is 8.40. The average Bonchev–Trinajstić information content (AvgIpc) is 2.99. The lowest BCUT2D eigenvalue weighted by atomic mass is 9.96. The van der Waals surface area contributed by atoms with Gasteiger partial charge in [0.15, 0.2) is 5.17 Å². The van der Waals surface area contributed by atoms with Crippen molar-refractivity contribution in [2.24, 2.45) is 10.9 Å². The van der Waals surface area contributed by atoms with Crippen LogP contribution in [-0.2, 0) is 4.79 Å². The summed E-state index contributed by atoms with van der Waals surface area (Å²) in [6.45, 7) is 11.1. The molecule has 1 aliphatic rings. The molecule has 1 fully saturated rings. The van der Waals surface area contributed by atoms with Gasteiger partial charge in [0, 0.05) is 11.6 Å². The summed E-state index contributed by atoms with van der Waals surface area (Å²) in [5.41, 5.74) is 4.00. The van der Waals surface area contributed by atoms with Gasteiger partial charge in [-0.3, -0.25) is 9.69 Å². The molecule has 0 radical (unpaired) electrons. The number of methoxy groups -OCH3 is 1. The van der Waals surface area contributed by atoms with E-state index in [1.54, 1.807) is 24.1 Å². The predicted molar refractivity (Wildman–Crippen MR) is 132 cm³/mol. The highest BCUT2D eigenvalue weighted by molar-refractivity contribution is 8.18. The number of amidine groups is 1. The molecule has 2 aromatic rings. The summed E-state index contributed by atoms with van der Waals surface area (Å²) in [5.74, 6) is 1.52. The van der Waals surface area contributed by atoms with E-state index in [2.05, 4.69) is 33.8 Å². The van der Waals surface area contributed by atoms with Crippen LogP contribution in [0.1, 0.15) is 50.3 Å². The molecule has 3 rings (SSSR count). The highest BCUT2D eigenvalue weighted by atomic mass is 35.5. The molecule has 1 amide bonds. The first-order valence-electron chi connectivity index (χ1n) is 10.4. The molecule has 0 bridgehead atoms. The molecular formula is C25H29ClN2O2S. The first kappa shape index (κ1) is 23.4. The minimum atomic E-state index is -0.00673. The third-order valence-electron chi connectivity index (χ3n) is 5.01. The number of amides is 1. The summed E-state index contributed by atoms with van der Waals surface area (Å²) in [7, 11) is 1.69. The number of carbonyl (C=O) groups excluding carboxylic acids is 1. The molecule has 2 aromatic carbocycles. The number of hydrogen-bond donors (Lipinski definition) is 0. The van der Waals surface area contributed by atoms with Gasteiger partial charge in [-0.2, -0.15) is 0 Å². The van der Waals surface area contributed by atoms with Crippen molar-refractivity contribution in [2.75, 3.05) is 13.7 Å². The van der Waals surface area contributed by atoms with Crippen molar-refractivity contribution in [3.63, 3.8) is 0 Å². The normalized spacial score (nSPS) is 16.9. The molecule has 0 spiro atoms. The third-order valence-corrected chi connectivity index (χ3v) is 6.27.